The van der Waals surface area contributed by atoms with E-state index < -0.39 is 6.04 Å². The number of nitrogens with zero attached hydrogens (tertiary/aromatic N) is 3. The van der Waals surface area contributed by atoms with Crippen LogP contribution in [-0.4, -0.2) is 41.7 Å². The lowest BCUT2D eigenvalue weighted by atomic mass is 9.94. The van der Waals surface area contributed by atoms with Crippen LogP contribution >= 0.6 is 11.3 Å². The van der Waals surface area contributed by atoms with E-state index in [4.69, 9.17) is 14.5 Å². The molecule has 0 bridgehead atoms. The SMILES string of the molecule is CCN(CC)C(=O)C1=C(C)N=c2s/c(=C/c3ccc(OC(C)C)cc3)c(=O)n2[C@@H]1c1ccccc1OC. The van der Waals surface area contributed by atoms with Crippen molar-refractivity contribution in [3.05, 3.63) is 90.6 Å². The minimum atomic E-state index is -0.649. The largest absolute Gasteiger partial charge is 0.496 e. The van der Waals surface area contributed by atoms with Gasteiger partial charge in [-0.3, -0.25) is 14.2 Å². The average molecular weight is 520 g/mol. The molecule has 8 heteroatoms. The molecule has 4 rings (SSSR count). The number of carbonyl (C=O) groups is 1. The Morgan fingerprint density at radius 3 is 2.43 bits per heavy atom. The maximum absolute atomic E-state index is 13.9. The topological polar surface area (TPSA) is 73.1 Å². The normalized spacial score (nSPS) is 15.4. The monoisotopic (exact) mass is 519 g/mol. The number of likely N-dealkylation sites (N-methyl/N-ethyl adjacent to an activating group) is 1. The van der Waals surface area contributed by atoms with Gasteiger partial charge in [0, 0.05) is 18.7 Å². The van der Waals surface area contributed by atoms with Crippen LogP contribution in [0.15, 0.2) is 69.6 Å². The number of allylic oxidation sites excluding steroid dienone is 1. The van der Waals surface area contributed by atoms with Crippen LogP contribution in [0, 0.1) is 0 Å². The average Bonchev–Trinajstić information content (AvgIpc) is 3.18. The predicted molar refractivity (Wildman–Crippen MR) is 147 cm³/mol. The van der Waals surface area contributed by atoms with E-state index >= 15 is 0 Å². The molecular weight excluding hydrogens is 486 g/mol. The fraction of sp³-hybridized carbons (Fsp3) is 0.345. The van der Waals surface area contributed by atoms with Gasteiger partial charge < -0.3 is 14.4 Å². The number of para-hydroxylation sites is 1. The highest BCUT2D eigenvalue weighted by molar-refractivity contribution is 7.07. The lowest BCUT2D eigenvalue weighted by molar-refractivity contribution is -0.127. The van der Waals surface area contributed by atoms with Gasteiger partial charge in [-0.05, 0) is 64.5 Å². The molecule has 0 unspecified atom stereocenters. The molecule has 0 spiro atoms. The first-order valence-electron chi connectivity index (χ1n) is 12.5. The molecule has 2 aromatic carbocycles. The van der Waals surface area contributed by atoms with E-state index in [9.17, 15) is 9.59 Å². The molecule has 1 aliphatic rings. The van der Waals surface area contributed by atoms with Crippen LogP contribution in [-0.2, 0) is 4.79 Å². The second-order valence-electron chi connectivity index (χ2n) is 9.04. The zero-order valence-corrected chi connectivity index (χ0v) is 23.0. The minimum absolute atomic E-state index is 0.0843. The summed E-state index contributed by atoms with van der Waals surface area (Å²) >= 11 is 1.32. The maximum atomic E-state index is 13.9. The van der Waals surface area contributed by atoms with Gasteiger partial charge in [-0.1, -0.05) is 41.7 Å². The number of amides is 1. The van der Waals surface area contributed by atoms with Gasteiger partial charge in [0.15, 0.2) is 4.80 Å². The van der Waals surface area contributed by atoms with Crippen LogP contribution in [0.2, 0.25) is 0 Å². The highest BCUT2D eigenvalue weighted by atomic mass is 32.1. The molecular formula is C29H33N3O4S. The fourth-order valence-electron chi connectivity index (χ4n) is 4.53. The summed E-state index contributed by atoms with van der Waals surface area (Å²) in [4.78, 5) is 34.6. The van der Waals surface area contributed by atoms with Crippen molar-refractivity contribution in [1.29, 1.82) is 0 Å². The molecule has 0 saturated carbocycles. The fourth-order valence-corrected chi connectivity index (χ4v) is 5.58. The van der Waals surface area contributed by atoms with Crippen molar-refractivity contribution >= 4 is 23.3 Å². The molecule has 0 saturated heterocycles. The number of hydrogen-bond acceptors (Lipinski definition) is 6. The predicted octanol–water partition coefficient (Wildman–Crippen LogP) is 3.90. The number of methoxy groups -OCH3 is 1. The molecule has 1 atom stereocenters. The van der Waals surface area contributed by atoms with Gasteiger partial charge in [0.2, 0.25) is 0 Å². The Bertz CT molecular complexity index is 1500. The van der Waals surface area contributed by atoms with Gasteiger partial charge in [0.25, 0.3) is 11.5 Å². The third-order valence-corrected chi connectivity index (χ3v) is 7.27. The van der Waals surface area contributed by atoms with Gasteiger partial charge in [0.1, 0.15) is 17.5 Å². The van der Waals surface area contributed by atoms with Crippen molar-refractivity contribution in [3.63, 3.8) is 0 Å². The van der Waals surface area contributed by atoms with Crippen molar-refractivity contribution in [2.75, 3.05) is 20.2 Å². The van der Waals surface area contributed by atoms with Crippen molar-refractivity contribution in [1.82, 2.24) is 9.47 Å². The Hall–Kier alpha value is -3.65. The number of thiazole rings is 1. The maximum Gasteiger partial charge on any atom is 0.271 e. The molecule has 3 aromatic rings. The lowest BCUT2D eigenvalue weighted by Crippen LogP contribution is -2.43. The quantitative estimate of drug-likeness (QED) is 0.453. The molecule has 0 N–H and O–H groups in total. The Kier molecular flexibility index (Phi) is 7.97. The third kappa shape index (κ3) is 5.25. The van der Waals surface area contributed by atoms with E-state index in [2.05, 4.69) is 0 Å². The summed E-state index contributed by atoms with van der Waals surface area (Å²) < 4.78 is 13.6. The summed E-state index contributed by atoms with van der Waals surface area (Å²) in [5.74, 6) is 1.26. The van der Waals surface area contributed by atoms with E-state index in [0.717, 1.165) is 16.9 Å². The Labute approximate surface area is 221 Å². The summed E-state index contributed by atoms with van der Waals surface area (Å²) in [7, 11) is 1.59. The van der Waals surface area contributed by atoms with Crippen LogP contribution in [0.1, 0.15) is 51.8 Å². The standard InChI is InChI=1S/C29H33N3O4S/c1-7-31(8-2)28(34)25-19(5)30-29-32(26(25)22-11-9-10-12-23(22)35-6)27(33)24(37-29)17-20-13-15-21(16-14-20)36-18(3)4/h9-18,26H,7-8H2,1-6H3/b24-17+/t26-/m1/s1. The van der Waals surface area contributed by atoms with Crippen LogP contribution < -0.4 is 24.4 Å². The number of hydrogen-bond donors (Lipinski definition) is 0. The summed E-state index contributed by atoms with van der Waals surface area (Å²) in [6.07, 6.45) is 1.94. The Morgan fingerprint density at radius 1 is 1.14 bits per heavy atom. The van der Waals surface area contributed by atoms with Crippen LogP contribution in [0.25, 0.3) is 6.08 Å². The van der Waals surface area contributed by atoms with E-state index in [1.165, 1.54) is 11.3 Å². The minimum Gasteiger partial charge on any atom is -0.496 e. The summed E-state index contributed by atoms with van der Waals surface area (Å²) in [6.45, 7) is 10.8. The Morgan fingerprint density at radius 2 is 1.81 bits per heavy atom. The highest BCUT2D eigenvalue weighted by Crippen LogP contribution is 2.36. The molecule has 2 heterocycles. The van der Waals surface area contributed by atoms with Gasteiger partial charge in [-0.15, -0.1) is 0 Å². The van der Waals surface area contributed by atoms with Crippen LogP contribution in [0.4, 0.5) is 0 Å². The summed E-state index contributed by atoms with van der Waals surface area (Å²) in [5.41, 5.74) is 2.53. The molecule has 1 amide bonds. The second kappa shape index (κ2) is 11.2. The molecule has 194 valence electrons. The summed E-state index contributed by atoms with van der Waals surface area (Å²) in [5, 5.41) is 0. The number of ether oxygens (including phenoxy) is 2. The second-order valence-corrected chi connectivity index (χ2v) is 10.0. The molecule has 0 fully saturated rings. The van der Waals surface area contributed by atoms with Crippen molar-refractivity contribution in [2.45, 2.75) is 46.8 Å². The first-order chi connectivity index (χ1) is 17.8. The smallest absolute Gasteiger partial charge is 0.271 e. The number of rotatable bonds is 8. The van der Waals surface area contributed by atoms with E-state index in [1.54, 1.807) is 16.6 Å². The molecule has 7 nitrogen and oxygen atoms in total. The van der Waals surface area contributed by atoms with E-state index in [-0.39, 0.29) is 17.6 Å². The molecule has 1 aliphatic heterocycles. The zero-order chi connectivity index (χ0) is 26.7. The van der Waals surface area contributed by atoms with Gasteiger partial charge >= 0.3 is 0 Å². The highest BCUT2D eigenvalue weighted by Gasteiger charge is 2.35. The molecule has 1 aromatic heterocycles. The van der Waals surface area contributed by atoms with Crippen LogP contribution in [0.5, 0.6) is 11.5 Å². The van der Waals surface area contributed by atoms with Gasteiger partial charge in [-0.25, -0.2) is 4.99 Å². The van der Waals surface area contributed by atoms with E-state index in [1.807, 2.05) is 89.2 Å². The number of benzene rings is 2. The summed E-state index contributed by atoms with van der Waals surface area (Å²) in [6, 6.07) is 14.5. The van der Waals surface area contributed by atoms with E-state index in [0.29, 0.717) is 39.4 Å². The van der Waals surface area contributed by atoms with Crippen molar-refractivity contribution < 1.29 is 14.3 Å². The van der Waals surface area contributed by atoms with Crippen molar-refractivity contribution in [2.24, 2.45) is 4.99 Å². The number of carbonyl (C=O) groups excluding carboxylic acids is 1. The third-order valence-electron chi connectivity index (χ3n) is 6.29. The molecule has 37 heavy (non-hydrogen) atoms. The van der Waals surface area contributed by atoms with Crippen LogP contribution in [0.3, 0.4) is 0 Å². The lowest BCUT2D eigenvalue weighted by Gasteiger charge is -2.29. The molecule has 0 radical (unpaired) electrons. The van der Waals surface area contributed by atoms with Crippen molar-refractivity contribution in [3.8, 4) is 11.5 Å². The molecule has 0 aliphatic carbocycles. The first-order valence-corrected chi connectivity index (χ1v) is 13.3. The first kappa shape index (κ1) is 26.4. The number of aromatic nitrogens is 1. The van der Waals surface area contributed by atoms with Gasteiger partial charge in [-0.2, -0.15) is 0 Å². The number of fused-ring (bicyclic) bond motifs is 1. The zero-order valence-electron chi connectivity index (χ0n) is 22.1. The van der Waals surface area contributed by atoms with Gasteiger partial charge in [0.05, 0.1) is 29.0 Å². The Balaban J connectivity index is 1.90.